The Morgan fingerprint density at radius 1 is 1.00 bits per heavy atom. The van der Waals surface area contributed by atoms with E-state index < -0.39 is 0 Å². The Morgan fingerprint density at radius 3 is 2.59 bits per heavy atom. The Balaban J connectivity index is 1.48. The summed E-state index contributed by atoms with van der Waals surface area (Å²) < 4.78 is 0. The van der Waals surface area contributed by atoms with Gasteiger partial charge >= 0.3 is 0 Å². The maximum Gasteiger partial charge on any atom is 0.293 e. The lowest BCUT2D eigenvalue weighted by molar-refractivity contribution is -0.123. The molecule has 1 aliphatic rings. The smallest absolute Gasteiger partial charge is 0.293 e. The molecule has 1 saturated heterocycles. The molecule has 2 aromatic carbocycles. The molecule has 1 N–H and O–H groups in total. The zero-order valence-corrected chi connectivity index (χ0v) is 16.8. The number of hydrogen-bond acceptors (Lipinski definition) is 5. The van der Waals surface area contributed by atoms with Crippen molar-refractivity contribution in [2.45, 2.75) is 6.54 Å². The van der Waals surface area contributed by atoms with Gasteiger partial charge in [-0.15, -0.1) is 11.3 Å². The van der Waals surface area contributed by atoms with E-state index in [0.717, 1.165) is 16.6 Å². The normalized spacial score (nSPS) is 15.2. The van der Waals surface area contributed by atoms with E-state index in [4.69, 9.17) is 0 Å². The van der Waals surface area contributed by atoms with Crippen molar-refractivity contribution < 1.29 is 14.4 Å². The highest BCUT2D eigenvalue weighted by Crippen LogP contribution is 2.34. The first-order chi connectivity index (χ1) is 14.1. The summed E-state index contributed by atoms with van der Waals surface area (Å²) >= 11 is 2.45. The Labute approximate surface area is 176 Å². The molecule has 2 heterocycles. The maximum atomic E-state index is 12.6. The van der Waals surface area contributed by atoms with Gasteiger partial charge < -0.3 is 5.32 Å². The molecule has 4 rings (SSSR count). The minimum Gasteiger partial charge on any atom is -0.322 e. The van der Waals surface area contributed by atoms with E-state index in [1.54, 1.807) is 30.3 Å². The minimum absolute atomic E-state index is 0.124. The van der Waals surface area contributed by atoms with E-state index in [9.17, 15) is 14.4 Å². The number of amides is 3. The summed E-state index contributed by atoms with van der Waals surface area (Å²) in [7, 11) is 0. The standard InChI is InChI=1S/C22H16N2O3S2/c25-20(23-17-8-2-1-3-9-17)16-7-4-6-15(12-16)14-24-21(26)19(29-22(24)27)13-18-10-5-11-28-18/h1-13H,14H2,(H,23,25)/b19-13-. The summed E-state index contributed by atoms with van der Waals surface area (Å²) in [4.78, 5) is 40.0. The Bertz CT molecular complexity index is 1090. The molecule has 5 nitrogen and oxygen atoms in total. The van der Waals surface area contributed by atoms with Crippen molar-refractivity contribution in [3.05, 3.63) is 93.0 Å². The van der Waals surface area contributed by atoms with Crippen LogP contribution < -0.4 is 5.32 Å². The number of anilines is 1. The summed E-state index contributed by atoms with van der Waals surface area (Å²) in [5.74, 6) is -0.558. The van der Waals surface area contributed by atoms with Gasteiger partial charge in [0, 0.05) is 16.1 Å². The molecule has 0 aliphatic carbocycles. The Kier molecular flexibility index (Phi) is 5.59. The average Bonchev–Trinajstić information content (AvgIpc) is 3.33. The van der Waals surface area contributed by atoms with Crippen molar-refractivity contribution in [2.24, 2.45) is 0 Å². The van der Waals surface area contributed by atoms with E-state index in [1.165, 1.54) is 16.2 Å². The van der Waals surface area contributed by atoms with Crippen molar-refractivity contribution in [1.29, 1.82) is 0 Å². The number of nitrogens with one attached hydrogen (secondary N) is 1. The molecule has 1 fully saturated rings. The van der Waals surface area contributed by atoms with E-state index in [2.05, 4.69) is 5.32 Å². The summed E-state index contributed by atoms with van der Waals surface area (Å²) in [5, 5.41) is 4.44. The molecule has 3 amide bonds. The lowest BCUT2D eigenvalue weighted by Gasteiger charge is -2.13. The molecule has 29 heavy (non-hydrogen) atoms. The van der Waals surface area contributed by atoms with Gasteiger partial charge in [-0.05, 0) is 59.1 Å². The monoisotopic (exact) mass is 420 g/mol. The summed E-state index contributed by atoms with van der Waals surface area (Å²) in [6.45, 7) is 0.124. The molecule has 144 valence electrons. The third-order valence-corrected chi connectivity index (χ3v) is 5.98. The van der Waals surface area contributed by atoms with Crippen LogP contribution in [0.5, 0.6) is 0 Å². The van der Waals surface area contributed by atoms with Gasteiger partial charge in [-0.25, -0.2) is 0 Å². The van der Waals surface area contributed by atoms with Crippen molar-refractivity contribution in [3.8, 4) is 0 Å². The van der Waals surface area contributed by atoms with Crippen molar-refractivity contribution >= 4 is 51.9 Å². The lowest BCUT2D eigenvalue weighted by Crippen LogP contribution is -2.27. The van der Waals surface area contributed by atoms with E-state index in [0.29, 0.717) is 21.7 Å². The van der Waals surface area contributed by atoms with E-state index in [-0.39, 0.29) is 23.6 Å². The molecule has 3 aromatic rings. The quantitative estimate of drug-likeness (QED) is 0.574. The van der Waals surface area contributed by atoms with Gasteiger partial charge in [-0.2, -0.15) is 0 Å². The molecule has 1 aliphatic heterocycles. The number of hydrogen-bond donors (Lipinski definition) is 1. The molecule has 7 heteroatoms. The van der Waals surface area contributed by atoms with Gasteiger partial charge in [-0.1, -0.05) is 36.4 Å². The van der Waals surface area contributed by atoms with Crippen LogP contribution in [0.4, 0.5) is 10.5 Å². The van der Waals surface area contributed by atoms with Gasteiger partial charge in [0.1, 0.15) is 0 Å². The number of para-hydroxylation sites is 1. The summed E-state index contributed by atoms with van der Waals surface area (Å²) in [6.07, 6.45) is 1.74. The topological polar surface area (TPSA) is 66.5 Å². The van der Waals surface area contributed by atoms with Gasteiger partial charge in [0.25, 0.3) is 17.1 Å². The van der Waals surface area contributed by atoms with Gasteiger partial charge in [0.2, 0.25) is 0 Å². The Hall–Kier alpha value is -3.16. The van der Waals surface area contributed by atoms with E-state index in [1.807, 2.05) is 47.8 Å². The van der Waals surface area contributed by atoms with Gasteiger partial charge in [0.05, 0.1) is 11.4 Å². The molecule has 0 radical (unpaired) electrons. The van der Waals surface area contributed by atoms with Crippen LogP contribution in [0.3, 0.4) is 0 Å². The van der Waals surface area contributed by atoms with Gasteiger partial charge in [0.15, 0.2) is 0 Å². The zero-order valence-electron chi connectivity index (χ0n) is 15.2. The second-order valence-electron chi connectivity index (χ2n) is 6.30. The molecular weight excluding hydrogens is 404 g/mol. The number of thioether (sulfide) groups is 1. The third kappa shape index (κ3) is 4.47. The predicted octanol–water partition coefficient (Wildman–Crippen LogP) is 5.24. The summed E-state index contributed by atoms with van der Waals surface area (Å²) in [6, 6.07) is 19.9. The maximum absolute atomic E-state index is 12.6. The van der Waals surface area contributed by atoms with Crippen LogP contribution in [-0.4, -0.2) is 22.0 Å². The van der Waals surface area contributed by atoms with Crippen molar-refractivity contribution in [1.82, 2.24) is 4.90 Å². The largest absolute Gasteiger partial charge is 0.322 e. The molecular formula is C22H16N2O3S2. The number of carbonyl (C=O) groups excluding carboxylic acids is 3. The van der Waals surface area contributed by atoms with Crippen LogP contribution in [0.2, 0.25) is 0 Å². The number of thiophene rings is 1. The van der Waals surface area contributed by atoms with Crippen LogP contribution in [0.1, 0.15) is 20.8 Å². The van der Waals surface area contributed by atoms with Crippen LogP contribution in [0.25, 0.3) is 6.08 Å². The van der Waals surface area contributed by atoms with Crippen LogP contribution in [-0.2, 0) is 11.3 Å². The number of rotatable bonds is 5. The zero-order chi connectivity index (χ0) is 20.2. The van der Waals surface area contributed by atoms with Crippen LogP contribution >= 0.6 is 23.1 Å². The van der Waals surface area contributed by atoms with Crippen LogP contribution in [0, 0.1) is 0 Å². The highest BCUT2D eigenvalue weighted by Gasteiger charge is 2.35. The first-order valence-corrected chi connectivity index (χ1v) is 10.5. The summed E-state index contributed by atoms with van der Waals surface area (Å²) in [5.41, 5.74) is 1.88. The fraction of sp³-hybridized carbons (Fsp3) is 0.0455. The number of carbonyl (C=O) groups is 3. The average molecular weight is 421 g/mol. The highest BCUT2D eigenvalue weighted by atomic mass is 32.2. The molecule has 0 atom stereocenters. The SMILES string of the molecule is O=C(Nc1ccccc1)c1cccc(CN2C(=O)S/C(=C\c3cccs3)C2=O)c1. The molecule has 0 bridgehead atoms. The molecule has 0 saturated carbocycles. The number of nitrogens with zero attached hydrogens (tertiary/aromatic N) is 1. The van der Waals surface area contributed by atoms with Crippen molar-refractivity contribution in [2.75, 3.05) is 5.32 Å². The Morgan fingerprint density at radius 2 is 1.83 bits per heavy atom. The number of imide groups is 1. The lowest BCUT2D eigenvalue weighted by atomic mass is 10.1. The first-order valence-electron chi connectivity index (χ1n) is 8.84. The molecule has 0 spiro atoms. The fourth-order valence-corrected chi connectivity index (χ4v) is 4.42. The predicted molar refractivity (Wildman–Crippen MR) is 117 cm³/mol. The highest BCUT2D eigenvalue weighted by molar-refractivity contribution is 8.18. The molecule has 0 unspecified atom stereocenters. The minimum atomic E-state index is -0.312. The second-order valence-corrected chi connectivity index (χ2v) is 8.28. The van der Waals surface area contributed by atoms with Crippen LogP contribution in [0.15, 0.2) is 77.0 Å². The van der Waals surface area contributed by atoms with Gasteiger partial charge in [-0.3, -0.25) is 19.3 Å². The molecule has 1 aromatic heterocycles. The fourth-order valence-electron chi connectivity index (χ4n) is 2.86. The first kappa shape index (κ1) is 19.2. The third-order valence-electron chi connectivity index (χ3n) is 4.25. The number of benzene rings is 2. The van der Waals surface area contributed by atoms with E-state index >= 15 is 0 Å². The van der Waals surface area contributed by atoms with Crippen molar-refractivity contribution in [3.63, 3.8) is 0 Å². The second kappa shape index (κ2) is 8.46.